The number of ether oxygens (including phenoxy) is 2. The van der Waals surface area contributed by atoms with Crippen molar-refractivity contribution in [1.29, 1.82) is 0 Å². The number of fused-ring (bicyclic) bond motifs is 1. The quantitative estimate of drug-likeness (QED) is 0.596. The van der Waals surface area contributed by atoms with Gasteiger partial charge in [-0.25, -0.2) is 4.98 Å². The van der Waals surface area contributed by atoms with Crippen molar-refractivity contribution >= 4 is 11.3 Å². The van der Waals surface area contributed by atoms with Crippen molar-refractivity contribution < 1.29 is 9.47 Å². The number of nitrogens with zero attached hydrogens (tertiary/aromatic N) is 2. The van der Waals surface area contributed by atoms with Crippen molar-refractivity contribution in [3.8, 4) is 0 Å². The normalized spacial score (nSPS) is 29.2. The van der Waals surface area contributed by atoms with Gasteiger partial charge in [-0.15, -0.1) is 17.9 Å². The monoisotopic (exact) mass is 322 g/mol. The summed E-state index contributed by atoms with van der Waals surface area (Å²) in [6, 6.07) is 0. The number of aryl methyl sites for hydroxylation is 1. The van der Waals surface area contributed by atoms with Crippen molar-refractivity contribution in [2.75, 3.05) is 32.9 Å². The summed E-state index contributed by atoms with van der Waals surface area (Å²) in [5.41, 5.74) is 1.34. The predicted octanol–water partition coefficient (Wildman–Crippen LogP) is 3.03. The summed E-state index contributed by atoms with van der Waals surface area (Å²) >= 11 is 1.73. The lowest BCUT2D eigenvalue weighted by atomic mass is 9.73. The van der Waals surface area contributed by atoms with Gasteiger partial charge >= 0.3 is 0 Å². The highest BCUT2D eigenvalue weighted by Gasteiger charge is 2.46. The van der Waals surface area contributed by atoms with Crippen molar-refractivity contribution in [3.63, 3.8) is 0 Å². The maximum atomic E-state index is 6.07. The first-order chi connectivity index (χ1) is 10.7. The Morgan fingerprint density at radius 1 is 1.64 bits per heavy atom. The van der Waals surface area contributed by atoms with E-state index in [0.717, 1.165) is 50.7 Å². The van der Waals surface area contributed by atoms with E-state index in [1.165, 1.54) is 12.1 Å². The standard InChI is InChI=1S/C17H26N2O2S/c1-3-8-20-13-17-6-4-9-21-16(17)5-7-19(12-17)10-15-11-22-14(2)18-15/h3,11,16H,1,4-10,12-13H2,2H3/t16-,17+/m1/s1. The number of thiazole rings is 1. The largest absolute Gasteiger partial charge is 0.377 e. The maximum absolute atomic E-state index is 6.07. The van der Waals surface area contributed by atoms with E-state index in [2.05, 4.69) is 28.8 Å². The third-order valence-corrected chi connectivity index (χ3v) is 5.57. The van der Waals surface area contributed by atoms with E-state index in [1.54, 1.807) is 11.3 Å². The van der Waals surface area contributed by atoms with Gasteiger partial charge in [0, 0.05) is 37.0 Å². The summed E-state index contributed by atoms with van der Waals surface area (Å²) in [5.74, 6) is 0. The number of likely N-dealkylation sites (tertiary alicyclic amines) is 1. The van der Waals surface area contributed by atoms with Gasteiger partial charge in [-0.05, 0) is 26.2 Å². The van der Waals surface area contributed by atoms with Gasteiger partial charge in [0.05, 0.1) is 30.0 Å². The molecule has 3 heterocycles. The predicted molar refractivity (Wildman–Crippen MR) is 89.2 cm³/mol. The second-order valence-electron chi connectivity index (χ2n) is 6.49. The van der Waals surface area contributed by atoms with Gasteiger partial charge in [-0.1, -0.05) is 6.08 Å². The molecule has 22 heavy (non-hydrogen) atoms. The first-order valence-electron chi connectivity index (χ1n) is 8.15. The zero-order valence-electron chi connectivity index (χ0n) is 13.4. The minimum atomic E-state index is 0.143. The van der Waals surface area contributed by atoms with Crippen molar-refractivity contribution in [2.45, 2.75) is 38.8 Å². The second-order valence-corrected chi connectivity index (χ2v) is 7.55. The third kappa shape index (κ3) is 3.59. The first kappa shape index (κ1) is 16.1. The fourth-order valence-electron chi connectivity index (χ4n) is 3.78. The Bertz CT molecular complexity index is 505. The molecule has 2 aliphatic rings. The summed E-state index contributed by atoms with van der Waals surface area (Å²) in [5, 5.41) is 3.33. The van der Waals surface area contributed by atoms with Crippen LogP contribution in [-0.4, -0.2) is 48.9 Å². The Morgan fingerprint density at radius 2 is 2.55 bits per heavy atom. The molecule has 2 saturated heterocycles. The molecule has 2 atom stereocenters. The molecule has 0 aliphatic carbocycles. The lowest BCUT2D eigenvalue weighted by Crippen LogP contribution is -2.56. The molecule has 4 nitrogen and oxygen atoms in total. The number of rotatable bonds is 6. The van der Waals surface area contributed by atoms with Crippen LogP contribution in [0.3, 0.4) is 0 Å². The minimum absolute atomic E-state index is 0.143. The number of piperidine rings is 1. The maximum Gasteiger partial charge on any atom is 0.0897 e. The zero-order valence-corrected chi connectivity index (χ0v) is 14.2. The molecule has 0 radical (unpaired) electrons. The molecule has 0 bridgehead atoms. The molecule has 3 rings (SSSR count). The van der Waals surface area contributed by atoms with E-state index in [0.29, 0.717) is 12.7 Å². The van der Waals surface area contributed by atoms with Gasteiger partial charge in [-0.3, -0.25) is 4.90 Å². The Kier molecular flexibility index (Phi) is 5.29. The van der Waals surface area contributed by atoms with Crippen LogP contribution in [0.4, 0.5) is 0 Å². The van der Waals surface area contributed by atoms with Crippen LogP contribution in [0.1, 0.15) is 30.0 Å². The Morgan fingerprint density at radius 3 is 3.32 bits per heavy atom. The summed E-state index contributed by atoms with van der Waals surface area (Å²) < 4.78 is 11.9. The van der Waals surface area contributed by atoms with Gasteiger partial charge in [0.2, 0.25) is 0 Å². The average molecular weight is 322 g/mol. The van der Waals surface area contributed by atoms with Crippen LogP contribution >= 0.6 is 11.3 Å². The van der Waals surface area contributed by atoms with Crippen LogP contribution in [0.15, 0.2) is 18.0 Å². The molecule has 0 saturated carbocycles. The van der Waals surface area contributed by atoms with E-state index in [-0.39, 0.29) is 5.41 Å². The minimum Gasteiger partial charge on any atom is -0.377 e. The highest BCUT2D eigenvalue weighted by atomic mass is 32.1. The first-order valence-corrected chi connectivity index (χ1v) is 9.03. The Hall–Kier alpha value is -0.750. The molecule has 0 amide bonds. The average Bonchev–Trinajstić information content (AvgIpc) is 2.92. The lowest BCUT2D eigenvalue weighted by Gasteiger charge is -2.50. The molecule has 0 spiro atoms. The lowest BCUT2D eigenvalue weighted by molar-refractivity contribution is -0.152. The SMILES string of the molecule is C=CCOC[C@@]12CCCO[C@@H]1CCN(Cc1csc(C)n1)C2. The fourth-order valence-corrected chi connectivity index (χ4v) is 4.39. The molecule has 1 aromatic heterocycles. The molecular formula is C17H26N2O2S. The van der Waals surface area contributed by atoms with Gasteiger partial charge in [0.15, 0.2) is 0 Å². The van der Waals surface area contributed by atoms with Gasteiger partial charge in [0.25, 0.3) is 0 Å². The van der Waals surface area contributed by atoms with Crippen LogP contribution in [-0.2, 0) is 16.0 Å². The summed E-state index contributed by atoms with van der Waals surface area (Å²) in [6.45, 7) is 11.2. The van der Waals surface area contributed by atoms with E-state index in [1.807, 2.05) is 6.08 Å². The smallest absolute Gasteiger partial charge is 0.0897 e. The third-order valence-electron chi connectivity index (χ3n) is 4.74. The fraction of sp³-hybridized carbons (Fsp3) is 0.706. The van der Waals surface area contributed by atoms with Crippen molar-refractivity contribution in [3.05, 3.63) is 28.7 Å². The summed E-state index contributed by atoms with van der Waals surface area (Å²) in [7, 11) is 0. The number of aromatic nitrogens is 1. The molecule has 0 aromatic carbocycles. The molecule has 122 valence electrons. The van der Waals surface area contributed by atoms with Crippen molar-refractivity contribution in [1.82, 2.24) is 9.88 Å². The number of hydrogen-bond donors (Lipinski definition) is 0. The van der Waals surface area contributed by atoms with Crippen molar-refractivity contribution in [2.24, 2.45) is 5.41 Å². The van der Waals surface area contributed by atoms with E-state index < -0.39 is 0 Å². The molecule has 1 aromatic rings. The highest BCUT2D eigenvalue weighted by molar-refractivity contribution is 7.09. The van der Waals surface area contributed by atoms with Crippen LogP contribution in [0.25, 0.3) is 0 Å². The van der Waals surface area contributed by atoms with Crippen LogP contribution in [0, 0.1) is 12.3 Å². The van der Waals surface area contributed by atoms with Crippen LogP contribution in [0.5, 0.6) is 0 Å². The van der Waals surface area contributed by atoms with E-state index in [4.69, 9.17) is 9.47 Å². The number of hydrogen-bond acceptors (Lipinski definition) is 5. The zero-order chi connectivity index (χ0) is 15.4. The summed E-state index contributed by atoms with van der Waals surface area (Å²) in [6.07, 6.45) is 5.60. The van der Waals surface area contributed by atoms with Crippen LogP contribution < -0.4 is 0 Å². The Balaban J connectivity index is 1.66. The Labute approximate surface area is 137 Å². The second kappa shape index (κ2) is 7.21. The topological polar surface area (TPSA) is 34.6 Å². The summed E-state index contributed by atoms with van der Waals surface area (Å²) in [4.78, 5) is 7.13. The van der Waals surface area contributed by atoms with E-state index >= 15 is 0 Å². The van der Waals surface area contributed by atoms with E-state index in [9.17, 15) is 0 Å². The van der Waals surface area contributed by atoms with Gasteiger partial charge < -0.3 is 9.47 Å². The van der Waals surface area contributed by atoms with Gasteiger partial charge in [0.1, 0.15) is 0 Å². The molecular weight excluding hydrogens is 296 g/mol. The van der Waals surface area contributed by atoms with Gasteiger partial charge in [-0.2, -0.15) is 0 Å². The van der Waals surface area contributed by atoms with Crippen LogP contribution in [0.2, 0.25) is 0 Å². The molecule has 0 unspecified atom stereocenters. The molecule has 0 N–H and O–H groups in total. The molecule has 5 heteroatoms. The highest BCUT2D eigenvalue weighted by Crippen LogP contribution is 2.40. The molecule has 2 fully saturated rings. The molecule has 2 aliphatic heterocycles.